The number of ether oxygens (including phenoxy) is 2. The molecule has 2 fully saturated rings. The van der Waals surface area contributed by atoms with E-state index >= 15 is 0 Å². The molecule has 2 aliphatic heterocycles. The molecule has 5 rings (SSSR count). The summed E-state index contributed by atoms with van der Waals surface area (Å²) in [6.45, 7) is 4.17. The van der Waals surface area contributed by atoms with Gasteiger partial charge in [-0.3, -0.25) is 19.8 Å². The van der Waals surface area contributed by atoms with Gasteiger partial charge in [0.25, 0.3) is 11.8 Å². The van der Waals surface area contributed by atoms with Crippen molar-refractivity contribution < 1.29 is 23.9 Å². The van der Waals surface area contributed by atoms with Crippen molar-refractivity contribution in [3.05, 3.63) is 52.4 Å². The van der Waals surface area contributed by atoms with Gasteiger partial charge in [-0.1, -0.05) is 6.07 Å². The van der Waals surface area contributed by atoms with Crippen molar-refractivity contribution >= 4 is 23.9 Å². The fourth-order valence-electron chi connectivity index (χ4n) is 4.06. The summed E-state index contributed by atoms with van der Waals surface area (Å²) >= 11 is 0. The maximum absolute atomic E-state index is 13.1. The summed E-state index contributed by atoms with van der Waals surface area (Å²) in [4.78, 5) is 38.9. The van der Waals surface area contributed by atoms with E-state index in [2.05, 4.69) is 9.88 Å². The number of aryl methyl sites for hydroxylation is 1. The van der Waals surface area contributed by atoms with E-state index in [4.69, 9.17) is 9.47 Å². The number of hydrogen-bond acceptors (Lipinski definition) is 5. The molecule has 0 radical (unpaired) electrons. The van der Waals surface area contributed by atoms with E-state index in [1.807, 2.05) is 19.9 Å². The van der Waals surface area contributed by atoms with Gasteiger partial charge in [0.2, 0.25) is 6.79 Å². The molecule has 0 atom stereocenters. The maximum atomic E-state index is 13.1. The molecule has 1 aromatic carbocycles. The molecule has 0 spiro atoms. The van der Waals surface area contributed by atoms with Gasteiger partial charge in [-0.25, -0.2) is 4.79 Å². The highest BCUT2D eigenvalue weighted by molar-refractivity contribution is 6.31. The number of barbiturate groups is 1. The molecule has 1 N–H and O–H groups in total. The molecule has 3 aliphatic rings. The summed E-state index contributed by atoms with van der Waals surface area (Å²) in [6.07, 6.45) is 3.87. The first-order valence-electron chi connectivity index (χ1n) is 9.88. The minimum absolute atomic E-state index is 0.0209. The minimum Gasteiger partial charge on any atom is -0.454 e. The zero-order valence-corrected chi connectivity index (χ0v) is 16.7. The predicted octanol–water partition coefficient (Wildman–Crippen LogP) is 2.83. The molecule has 4 amide bonds. The van der Waals surface area contributed by atoms with Gasteiger partial charge in [0.05, 0.1) is 6.54 Å². The lowest BCUT2D eigenvalue weighted by atomic mass is 10.1. The van der Waals surface area contributed by atoms with Crippen LogP contribution in [0.15, 0.2) is 29.8 Å². The number of amides is 4. The number of imide groups is 2. The lowest BCUT2D eigenvalue weighted by Crippen LogP contribution is -2.53. The molecule has 0 unspecified atom stereocenters. The third-order valence-corrected chi connectivity index (χ3v) is 5.70. The fraction of sp³-hybridized carbons (Fsp3) is 0.318. The van der Waals surface area contributed by atoms with Crippen LogP contribution in [0, 0.1) is 13.8 Å². The Labute approximate surface area is 173 Å². The van der Waals surface area contributed by atoms with E-state index in [9.17, 15) is 14.4 Å². The van der Waals surface area contributed by atoms with Gasteiger partial charge >= 0.3 is 6.03 Å². The van der Waals surface area contributed by atoms with Crippen molar-refractivity contribution in [1.29, 1.82) is 0 Å². The van der Waals surface area contributed by atoms with Crippen LogP contribution in [0.4, 0.5) is 4.79 Å². The average molecular weight is 407 g/mol. The quantitative estimate of drug-likeness (QED) is 0.622. The molecule has 1 saturated carbocycles. The van der Waals surface area contributed by atoms with E-state index in [0.29, 0.717) is 23.1 Å². The molecule has 3 heterocycles. The smallest absolute Gasteiger partial charge is 0.331 e. The number of benzene rings is 1. The Kier molecular flexibility index (Phi) is 4.16. The second kappa shape index (κ2) is 6.76. The Hall–Kier alpha value is -3.55. The largest absolute Gasteiger partial charge is 0.454 e. The Balaban J connectivity index is 1.44. The summed E-state index contributed by atoms with van der Waals surface area (Å²) in [5.41, 5.74) is 3.58. The topological polar surface area (TPSA) is 89.9 Å². The first kappa shape index (κ1) is 18.5. The molecular weight excluding hydrogens is 386 g/mol. The Morgan fingerprint density at radius 3 is 2.63 bits per heavy atom. The molecule has 154 valence electrons. The molecule has 1 aromatic heterocycles. The van der Waals surface area contributed by atoms with Crippen molar-refractivity contribution in [2.75, 3.05) is 6.79 Å². The molecule has 8 heteroatoms. The number of urea groups is 1. The molecule has 30 heavy (non-hydrogen) atoms. The monoisotopic (exact) mass is 407 g/mol. The fourth-order valence-corrected chi connectivity index (χ4v) is 4.06. The highest BCUT2D eigenvalue weighted by Crippen LogP contribution is 2.39. The van der Waals surface area contributed by atoms with Gasteiger partial charge in [0.1, 0.15) is 5.57 Å². The van der Waals surface area contributed by atoms with Gasteiger partial charge in [-0.05, 0) is 62.1 Å². The highest BCUT2D eigenvalue weighted by atomic mass is 16.7. The molecule has 1 saturated heterocycles. The molecular formula is C22H21N3O5. The van der Waals surface area contributed by atoms with Crippen molar-refractivity contribution in [1.82, 2.24) is 14.8 Å². The maximum Gasteiger partial charge on any atom is 0.331 e. The van der Waals surface area contributed by atoms with Gasteiger partial charge in [-0.2, -0.15) is 0 Å². The van der Waals surface area contributed by atoms with Crippen LogP contribution in [0.5, 0.6) is 11.5 Å². The summed E-state index contributed by atoms with van der Waals surface area (Å²) in [6, 6.07) is 6.96. The van der Waals surface area contributed by atoms with Crippen LogP contribution in [-0.2, 0) is 16.1 Å². The summed E-state index contributed by atoms with van der Waals surface area (Å²) in [7, 11) is 0. The second-order valence-electron chi connectivity index (χ2n) is 7.82. The van der Waals surface area contributed by atoms with Crippen molar-refractivity contribution in [2.45, 2.75) is 39.3 Å². The van der Waals surface area contributed by atoms with Crippen molar-refractivity contribution in [3.63, 3.8) is 0 Å². The number of carbonyl (C=O) groups is 3. The number of nitrogens with one attached hydrogen (secondary N) is 1. The number of fused-ring (bicyclic) bond motifs is 1. The van der Waals surface area contributed by atoms with Gasteiger partial charge < -0.3 is 14.0 Å². The van der Waals surface area contributed by atoms with Gasteiger partial charge in [0, 0.05) is 17.4 Å². The van der Waals surface area contributed by atoms with Crippen LogP contribution >= 0.6 is 0 Å². The first-order valence-corrected chi connectivity index (χ1v) is 9.88. The number of hydrogen-bond donors (Lipinski definition) is 1. The predicted molar refractivity (Wildman–Crippen MR) is 107 cm³/mol. The normalized spacial score (nSPS) is 19.6. The third-order valence-electron chi connectivity index (χ3n) is 5.70. The zero-order chi connectivity index (χ0) is 21.0. The van der Waals surface area contributed by atoms with E-state index in [1.165, 1.54) is 0 Å². The van der Waals surface area contributed by atoms with Crippen molar-refractivity contribution in [2.24, 2.45) is 0 Å². The molecule has 2 aromatic rings. The zero-order valence-electron chi connectivity index (χ0n) is 16.7. The first-order chi connectivity index (χ1) is 14.4. The van der Waals surface area contributed by atoms with E-state index in [1.54, 1.807) is 24.3 Å². The summed E-state index contributed by atoms with van der Waals surface area (Å²) < 4.78 is 12.9. The van der Waals surface area contributed by atoms with Gasteiger partial charge in [-0.15, -0.1) is 0 Å². The van der Waals surface area contributed by atoms with Crippen LogP contribution in [0.2, 0.25) is 0 Å². The van der Waals surface area contributed by atoms with Crippen LogP contribution in [-0.4, -0.2) is 34.1 Å². The Bertz CT molecular complexity index is 1130. The summed E-state index contributed by atoms with van der Waals surface area (Å²) in [5.74, 6) is -0.104. The van der Waals surface area contributed by atoms with Crippen molar-refractivity contribution in [3.8, 4) is 11.5 Å². The Morgan fingerprint density at radius 1 is 1.10 bits per heavy atom. The van der Waals surface area contributed by atoms with Crippen LogP contribution in [0.25, 0.3) is 6.08 Å². The van der Waals surface area contributed by atoms with E-state index in [0.717, 1.165) is 34.7 Å². The average Bonchev–Trinajstić information content (AvgIpc) is 3.35. The lowest BCUT2D eigenvalue weighted by molar-refractivity contribution is -0.130. The molecule has 1 aliphatic carbocycles. The third kappa shape index (κ3) is 3.04. The molecule has 8 nitrogen and oxygen atoms in total. The standard InChI is InChI=1S/C22H21N3O5/c1-12-7-15(13(2)25(12)16-4-5-16)9-17-20(26)23-22(28)24(21(17)27)10-14-3-6-18-19(8-14)30-11-29-18/h3,6-9,16H,4-5,10-11H2,1-2H3,(H,23,26,28)/b17-9-. The second-order valence-corrected chi connectivity index (χ2v) is 7.82. The van der Waals surface area contributed by atoms with Crippen LogP contribution < -0.4 is 14.8 Å². The summed E-state index contributed by atoms with van der Waals surface area (Å²) in [5, 5.41) is 2.27. The number of rotatable bonds is 4. The van der Waals surface area contributed by atoms with Gasteiger partial charge in [0.15, 0.2) is 11.5 Å². The van der Waals surface area contributed by atoms with Crippen LogP contribution in [0.3, 0.4) is 0 Å². The number of carbonyl (C=O) groups excluding carboxylic acids is 3. The van der Waals surface area contributed by atoms with Crippen LogP contribution in [0.1, 0.15) is 41.4 Å². The number of aromatic nitrogens is 1. The Morgan fingerprint density at radius 2 is 1.87 bits per heavy atom. The highest BCUT2D eigenvalue weighted by Gasteiger charge is 2.36. The SMILES string of the molecule is Cc1cc(/C=C2/C(=O)NC(=O)N(Cc3ccc4c(c3)OCO4)C2=O)c(C)n1C1CC1. The minimum atomic E-state index is -0.733. The molecule has 0 bridgehead atoms. The van der Waals surface area contributed by atoms with E-state index in [-0.39, 0.29) is 18.9 Å². The van der Waals surface area contributed by atoms with E-state index < -0.39 is 17.8 Å². The number of nitrogens with zero attached hydrogens (tertiary/aromatic N) is 2. The lowest BCUT2D eigenvalue weighted by Gasteiger charge is -2.26.